The minimum atomic E-state index is -0.330. The summed E-state index contributed by atoms with van der Waals surface area (Å²) in [5, 5.41) is 13.2. The van der Waals surface area contributed by atoms with E-state index in [4.69, 9.17) is 0 Å². The normalized spacial score (nSPS) is 10.8. The van der Waals surface area contributed by atoms with Crippen LogP contribution in [0.25, 0.3) is 10.1 Å². The number of hydrogen-bond acceptors (Lipinski definition) is 3. The quantitative estimate of drug-likeness (QED) is 0.693. The molecule has 1 aromatic heterocycles. The number of carbonyl (C=O) groups is 1. The number of carbonyl (C=O) groups excluding carboxylic acids is 1. The summed E-state index contributed by atoms with van der Waals surface area (Å²) in [7, 11) is 0. The Morgan fingerprint density at radius 3 is 2.76 bits per heavy atom. The van der Waals surface area contributed by atoms with Crippen molar-refractivity contribution < 1.29 is 14.3 Å². The molecule has 3 rings (SSSR count). The molecule has 0 bridgehead atoms. The molecule has 5 heteroatoms. The number of aromatic hydroxyl groups is 1. The SMILES string of the molecule is Cc1ccc(NC(=O)c2cc3cc(F)ccc3s2)c(O)c1. The van der Waals surface area contributed by atoms with Crippen molar-refractivity contribution >= 4 is 33.0 Å². The molecule has 1 heterocycles. The number of rotatable bonds is 2. The fraction of sp³-hybridized carbons (Fsp3) is 0.0625. The zero-order chi connectivity index (χ0) is 15.0. The Morgan fingerprint density at radius 1 is 1.19 bits per heavy atom. The highest BCUT2D eigenvalue weighted by Gasteiger charge is 2.12. The van der Waals surface area contributed by atoms with Crippen molar-refractivity contribution in [3.8, 4) is 5.75 Å². The van der Waals surface area contributed by atoms with E-state index in [2.05, 4.69) is 5.32 Å². The summed E-state index contributed by atoms with van der Waals surface area (Å²) in [5.74, 6) is -0.630. The van der Waals surface area contributed by atoms with Gasteiger partial charge in [-0.3, -0.25) is 4.79 Å². The second kappa shape index (κ2) is 5.18. The fourth-order valence-corrected chi connectivity index (χ4v) is 3.00. The van der Waals surface area contributed by atoms with Gasteiger partial charge in [0.25, 0.3) is 5.91 Å². The summed E-state index contributed by atoms with van der Waals surface area (Å²) in [5.41, 5.74) is 1.26. The molecule has 3 nitrogen and oxygen atoms in total. The summed E-state index contributed by atoms with van der Waals surface area (Å²) >= 11 is 1.28. The Balaban J connectivity index is 1.89. The van der Waals surface area contributed by atoms with Crippen LogP contribution in [0, 0.1) is 12.7 Å². The summed E-state index contributed by atoms with van der Waals surface area (Å²) in [6.45, 7) is 1.85. The van der Waals surface area contributed by atoms with Crippen LogP contribution in [-0.2, 0) is 0 Å². The lowest BCUT2D eigenvalue weighted by molar-refractivity contribution is 0.103. The molecule has 0 aliphatic heterocycles. The van der Waals surface area contributed by atoms with Gasteiger partial charge in [-0.1, -0.05) is 6.07 Å². The maximum absolute atomic E-state index is 13.2. The molecule has 0 aliphatic carbocycles. The maximum Gasteiger partial charge on any atom is 0.265 e. The molecule has 0 spiro atoms. The number of fused-ring (bicyclic) bond motifs is 1. The number of halogens is 1. The molecule has 2 aromatic carbocycles. The number of thiophene rings is 1. The third-order valence-corrected chi connectivity index (χ3v) is 4.22. The largest absolute Gasteiger partial charge is 0.506 e. The smallest absolute Gasteiger partial charge is 0.265 e. The molecule has 0 aliphatic rings. The predicted octanol–water partition coefficient (Wildman–Crippen LogP) is 4.31. The van der Waals surface area contributed by atoms with Gasteiger partial charge in [0, 0.05) is 4.70 Å². The average Bonchev–Trinajstić information content (AvgIpc) is 2.85. The van der Waals surface area contributed by atoms with Crippen LogP contribution in [0.1, 0.15) is 15.2 Å². The van der Waals surface area contributed by atoms with Gasteiger partial charge in [-0.25, -0.2) is 4.39 Å². The Labute approximate surface area is 124 Å². The maximum atomic E-state index is 13.2. The minimum absolute atomic E-state index is 0.0236. The molecule has 106 valence electrons. The van der Waals surface area contributed by atoms with E-state index in [1.165, 1.54) is 23.5 Å². The second-order valence-electron chi connectivity index (χ2n) is 4.77. The fourth-order valence-electron chi connectivity index (χ4n) is 2.06. The van der Waals surface area contributed by atoms with Crippen molar-refractivity contribution in [1.82, 2.24) is 0 Å². The van der Waals surface area contributed by atoms with Crippen LogP contribution in [0.15, 0.2) is 42.5 Å². The van der Waals surface area contributed by atoms with Gasteiger partial charge in [0.05, 0.1) is 10.6 Å². The Morgan fingerprint density at radius 2 is 2.00 bits per heavy atom. The molecular formula is C16H12FNO2S. The summed E-state index contributed by atoms with van der Waals surface area (Å²) < 4.78 is 14.0. The van der Waals surface area contributed by atoms with E-state index in [1.54, 1.807) is 30.3 Å². The molecule has 21 heavy (non-hydrogen) atoms. The van der Waals surface area contributed by atoms with Gasteiger partial charge in [0.1, 0.15) is 11.6 Å². The molecule has 1 amide bonds. The molecule has 0 radical (unpaired) electrons. The van der Waals surface area contributed by atoms with E-state index < -0.39 is 0 Å². The van der Waals surface area contributed by atoms with Gasteiger partial charge in [-0.2, -0.15) is 0 Å². The second-order valence-corrected chi connectivity index (χ2v) is 5.85. The lowest BCUT2D eigenvalue weighted by atomic mass is 10.2. The van der Waals surface area contributed by atoms with Crippen molar-refractivity contribution in [2.45, 2.75) is 6.92 Å². The van der Waals surface area contributed by atoms with Crippen molar-refractivity contribution in [2.75, 3.05) is 5.32 Å². The molecule has 0 saturated carbocycles. The highest BCUT2D eigenvalue weighted by Crippen LogP contribution is 2.29. The zero-order valence-corrected chi connectivity index (χ0v) is 12.0. The van der Waals surface area contributed by atoms with Crippen LogP contribution in [0.2, 0.25) is 0 Å². The third kappa shape index (κ3) is 2.73. The van der Waals surface area contributed by atoms with Gasteiger partial charge in [-0.05, 0) is 54.3 Å². The van der Waals surface area contributed by atoms with Crippen LogP contribution in [0.5, 0.6) is 5.75 Å². The topological polar surface area (TPSA) is 49.3 Å². The number of anilines is 1. The van der Waals surface area contributed by atoms with E-state index in [0.29, 0.717) is 16.0 Å². The molecule has 0 unspecified atom stereocenters. The number of aryl methyl sites for hydroxylation is 1. The Bertz CT molecular complexity index is 841. The van der Waals surface area contributed by atoms with Gasteiger partial charge in [-0.15, -0.1) is 11.3 Å². The first kappa shape index (κ1) is 13.6. The van der Waals surface area contributed by atoms with Gasteiger partial charge < -0.3 is 10.4 Å². The van der Waals surface area contributed by atoms with Crippen molar-refractivity contribution in [2.24, 2.45) is 0 Å². The lowest BCUT2D eigenvalue weighted by Crippen LogP contribution is -2.10. The summed E-state index contributed by atoms with van der Waals surface area (Å²) in [4.78, 5) is 12.7. The predicted molar refractivity (Wildman–Crippen MR) is 82.6 cm³/mol. The molecule has 0 fully saturated rings. The number of benzene rings is 2. The molecule has 0 saturated heterocycles. The van der Waals surface area contributed by atoms with Crippen molar-refractivity contribution in [1.29, 1.82) is 0 Å². The van der Waals surface area contributed by atoms with Crippen LogP contribution in [0.3, 0.4) is 0 Å². The third-order valence-electron chi connectivity index (χ3n) is 3.10. The lowest BCUT2D eigenvalue weighted by Gasteiger charge is -2.06. The first-order chi connectivity index (χ1) is 10.0. The minimum Gasteiger partial charge on any atom is -0.506 e. The zero-order valence-electron chi connectivity index (χ0n) is 11.2. The number of phenols is 1. The van der Waals surface area contributed by atoms with Crippen LogP contribution in [0.4, 0.5) is 10.1 Å². The van der Waals surface area contributed by atoms with E-state index in [-0.39, 0.29) is 17.5 Å². The Hall–Kier alpha value is -2.40. The van der Waals surface area contributed by atoms with Crippen molar-refractivity contribution in [3.05, 3.63) is 58.7 Å². The highest BCUT2D eigenvalue weighted by atomic mass is 32.1. The van der Waals surface area contributed by atoms with Gasteiger partial charge >= 0.3 is 0 Å². The van der Waals surface area contributed by atoms with Crippen LogP contribution >= 0.6 is 11.3 Å². The average molecular weight is 301 g/mol. The number of hydrogen-bond donors (Lipinski definition) is 2. The first-order valence-electron chi connectivity index (χ1n) is 6.33. The van der Waals surface area contributed by atoms with Crippen molar-refractivity contribution in [3.63, 3.8) is 0 Å². The standard InChI is InChI=1S/C16H12FNO2S/c1-9-2-4-12(13(19)6-9)18-16(20)15-8-10-7-11(17)3-5-14(10)21-15/h2-8,19H,1H3,(H,18,20). The van der Waals surface area contributed by atoms with Gasteiger partial charge in [0.15, 0.2) is 0 Å². The van der Waals surface area contributed by atoms with E-state index in [1.807, 2.05) is 6.92 Å². The number of phenolic OH excluding ortho intramolecular Hbond substituents is 1. The highest BCUT2D eigenvalue weighted by molar-refractivity contribution is 7.20. The van der Waals surface area contributed by atoms with Crippen LogP contribution in [-0.4, -0.2) is 11.0 Å². The van der Waals surface area contributed by atoms with E-state index >= 15 is 0 Å². The summed E-state index contributed by atoms with van der Waals surface area (Å²) in [6.07, 6.45) is 0. The number of nitrogens with one attached hydrogen (secondary N) is 1. The molecule has 3 aromatic rings. The molecule has 2 N–H and O–H groups in total. The first-order valence-corrected chi connectivity index (χ1v) is 7.14. The van der Waals surface area contributed by atoms with Gasteiger partial charge in [0.2, 0.25) is 0 Å². The Kier molecular flexibility index (Phi) is 3.35. The van der Waals surface area contributed by atoms with E-state index in [0.717, 1.165) is 10.3 Å². The monoisotopic (exact) mass is 301 g/mol. The molecular weight excluding hydrogens is 289 g/mol. The molecule has 0 atom stereocenters. The van der Waals surface area contributed by atoms with E-state index in [9.17, 15) is 14.3 Å². The van der Waals surface area contributed by atoms with Crippen LogP contribution < -0.4 is 5.32 Å². The number of amides is 1. The summed E-state index contributed by atoms with van der Waals surface area (Å²) in [6, 6.07) is 11.1.